The number of nitrogens with two attached hydrogens (primary N) is 2. The van der Waals surface area contributed by atoms with E-state index < -0.39 is 5.91 Å². The van der Waals surface area contributed by atoms with Crippen LogP contribution in [0.5, 0.6) is 5.75 Å². The number of amides is 1. The number of hydrogen-bond donors (Lipinski definition) is 2. The first kappa shape index (κ1) is 18.0. The number of aromatic nitrogens is 1. The molecule has 3 aromatic rings. The Labute approximate surface area is 159 Å². The van der Waals surface area contributed by atoms with Gasteiger partial charge in [0, 0.05) is 28.3 Å². The molecule has 0 atom stereocenters. The zero-order valence-electron chi connectivity index (χ0n) is 13.7. The van der Waals surface area contributed by atoms with Crippen molar-refractivity contribution in [3.05, 3.63) is 58.2 Å². The molecular formula is C18H14Cl2N4O2. The van der Waals surface area contributed by atoms with Crippen LogP contribution < -0.4 is 16.2 Å². The highest BCUT2D eigenvalue weighted by atomic mass is 35.5. The van der Waals surface area contributed by atoms with Gasteiger partial charge in [0.15, 0.2) is 5.96 Å². The van der Waals surface area contributed by atoms with Gasteiger partial charge in [0.2, 0.25) is 0 Å². The van der Waals surface area contributed by atoms with E-state index in [1.165, 1.54) is 6.20 Å². The third kappa shape index (κ3) is 3.42. The van der Waals surface area contributed by atoms with Gasteiger partial charge in [-0.05, 0) is 36.4 Å². The second-order valence-electron chi connectivity index (χ2n) is 5.40. The highest BCUT2D eigenvalue weighted by Gasteiger charge is 2.15. The number of nitrogens with zero attached hydrogens (tertiary/aromatic N) is 2. The van der Waals surface area contributed by atoms with Crippen molar-refractivity contribution in [1.29, 1.82) is 0 Å². The Balaban J connectivity index is 2.26. The van der Waals surface area contributed by atoms with Gasteiger partial charge < -0.3 is 16.2 Å². The molecule has 132 valence electrons. The van der Waals surface area contributed by atoms with E-state index in [1.807, 2.05) is 0 Å². The maximum absolute atomic E-state index is 12.1. The summed E-state index contributed by atoms with van der Waals surface area (Å²) in [6.07, 6.45) is 1.54. The summed E-state index contributed by atoms with van der Waals surface area (Å²) in [5.41, 5.74) is 12.9. The minimum atomic E-state index is -0.557. The molecule has 0 saturated carbocycles. The zero-order chi connectivity index (χ0) is 18.8. The van der Waals surface area contributed by atoms with Crippen molar-refractivity contribution in [1.82, 2.24) is 4.98 Å². The van der Waals surface area contributed by atoms with Crippen LogP contribution in [0, 0.1) is 0 Å². The number of aliphatic imine (C=N–C) groups is 1. The fraction of sp³-hybridized carbons (Fsp3) is 0.0556. The molecule has 0 fully saturated rings. The molecule has 8 heteroatoms. The van der Waals surface area contributed by atoms with Crippen LogP contribution in [0.1, 0.15) is 10.4 Å². The van der Waals surface area contributed by atoms with Crippen molar-refractivity contribution in [2.75, 3.05) is 7.11 Å². The molecule has 2 aromatic carbocycles. The van der Waals surface area contributed by atoms with Crippen LogP contribution in [0.4, 0.5) is 0 Å². The van der Waals surface area contributed by atoms with Gasteiger partial charge in [0.1, 0.15) is 5.75 Å². The second kappa shape index (κ2) is 7.19. The van der Waals surface area contributed by atoms with Crippen LogP contribution >= 0.6 is 23.2 Å². The predicted molar refractivity (Wildman–Crippen MR) is 104 cm³/mol. The topological polar surface area (TPSA) is 104 Å². The first-order valence-electron chi connectivity index (χ1n) is 7.47. The van der Waals surface area contributed by atoms with Crippen LogP contribution in [0.3, 0.4) is 0 Å². The van der Waals surface area contributed by atoms with Crippen LogP contribution in [0.15, 0.2) is 47.6 Å². The third-order valence-electron chi connectivity index (χ3n) is 3.74. The number of benzene rings is 2. The first-order valence-corrected chi connectivity index (χ1v) is 8.22. The molecule has 0 radical (unpaired) electrons. The van der Waals surface area contributed by atoms with Crippen LogP contribution in [-0.2, 0) is 0 Å². The molecule has 0 saturated heterocycles. The molecule has 3 rings (SSSR count). The Morgan fingerprint density at radius 1 is 1.12 bits per heavy atom. The van der Waals surface area contributed by atoms with Gasteiger partial charge >= 0.3 is 0 Å². The van der Waals surface area contributed by atoms with E-state index in [0.717, 1.165) is 0 Å². The number of fused-ring (bicyclic) bond motifs is 1. The Kier molecular flexibility index (Phi) is 4.97. The molecule has 0 aliphatic heterocycles. The number of guanidine groups is 1. The van der Waals surface area contributed by atoms with E-state index in [1.54, 1.807) is 43.5 Å². The van der Waals surface area contributed by atoms with Gasteiger partial charge in [-0.1, -0.05) is 23.2 Å². The normalized spacial score (nSPS) is 10.6. The zero-order valence-corrected chi connectivity index (χ0v) is 15.2. The molecular weight excluding hydrogens is 375 g/mol. The third-order valence-corrected chi connectivity index (χ3v) is 4.34. The lowest BCUT2D eigenvalue weighted by Crippen LogP contribution is -2.24. The van der Waals surface area contributed by atoms with Crippen molar-refractivity contribution < 1.29 is 9.53 Å². The smallest absolute Gasteiger partial charge is 0.280 e. The second-order valence-corrected chi connectivity index (χ2v) is 6.22. The molecule has 0 unspecified atom stereocenters. The van der Waals surface area contributed by atoms with Crippen molar-refractivity contribution in [3.8, 4) is 16.9 Å². The van der Waals surface area contributed by atoms with Crippen molar-refractivity contribution in [2.45, 2.75) is 0 Å². The monoisotopic (exact) mass is 388 g/mol. The van der Waals surface area contributed by atoms with E-state index in [4.69, 9.17) is 39.4 Å². The summed E-state index contributed by atoms with van der Waals surface area (Å²) in [5.74, 6) is -0.242. The number of rotatable bonds is 3. The number of halogens is 2. The number of carbonyl (C=O) groups is 1. The molecule has 0 aliphatic carbocycles. The Bertz CT molecular complexity index is 1050. The van der Waals surface area contributed by atoms with Gasteiger partial charge in [0.25, 0.3) is 5.91 Å². The minimum absolute atomic E-state index is 0.306. The molecule has 1 heterocycles. The molecule has 0 spiro atoms. The van der Waals surface area contributed by atoms with Gasteiger partial charge in [-0.15, -0.1) is 0 Å². The lowest BCUT2D eigenvalue weighted by Gasteiger charge is -2.12. The lowest BCUT2D eigenvalue weighted by atomic mass is 9.99. The van der Waals surface area contributed by atoms with E-state index >= 15 is 0 Å². The molecule has 1 aromatic heterocycles. The average Bonchev–Trinajstić information content (AvgIpc) is 2.61. The molecule has 6 nitrogen and oxygen atoms in total. The summed E-state index contributed by atoms with van der Waals surface area (Å²) in [6.45, 7) is 0. The molecule has 0 aliphatic rings. The fourth-order valence-electron chi connectivity index (χ4n) is 2.58. The molecule has 1 amide bonds. The maximum Gasteiger partial charge on any atom is 0.280 e. The summed E-state index contributed by atoms with van der Waals surface area (Å²) >= 11 is 12.8. The Morgan fingerprint density at radius 3 is 2.54 bits per heavy atom. The summed E-state index contributed by atoms with van der Waals surface area (Å²) in [6, 6.07) is 10.2. The lowest BCUT2D eigenvalue weighted by molar-refractivity contribution is 0.100. The van der Waals surface area contributed by atoms with E-state index in [-0.39, 0.29) is 5.96 Å². The summed E-state index contributed by atoms with van der Waals surface area (Å²) in [4.78, 5) is 20.0. The summed E-state index contributed by atoms with van der Waals surface area (Å²) in [5, 5.41) is 1.51. The molecule has 0 bridgehead atoms. The highest BCUT2D eigenvalue weighted by molar-refractivity contribution is 6.38. The summed E-state index contributed by atoms with van der Waals surface area (Å²) in [7, 11) is 1.56. The van der Waals surface area contributed by atoms with Gasteiger partial charge in [-0.2, -0.15) is 4.99 Å². The quantitative estimate of drug-likeness (QED) is 0.526. The summed E-state index contributed by atoms with van der Waals surface area (Å²) < 4.78 is 5.18. The maximum atomic E-state index is 12.1. The number of methoxy groups -OCH3 is 1. The van der Waals surface area contributed by atoms with E-state index in [0.29, 0.717) is 43.4 Å². The first-order chi connectivity index (χ1) is 12.4. The van der Waals surface area contributed by atoms with Crippen molar-refractivity contribution in [3.63, 3.8) is 0 Å². The van der Waals surface area contributed by atoms with Crippen LogP contribution in [0.2, 0.25) is 10.0 Å². The van der Waals surface area contributed by atoms with Crippen LogP contribution in [0.25, 0.3) is 22.0 Å². The predicted octanol–water partition coefficient (Wildman–Crippen LogP) is 3.63. The number of hydrogen-bond acceptors (Lipinski definition) is 3. The van der Waals surface area contributed by atoms with Gasteiger partial charge in [-0.3, -0.25) is 9.78 Å². The Hall–Kier alpha value is -2.83. The fourth-order valence-corrected chi connectivity index (χ4v) is 3.10. The number of ether oxygens (including phenoxy) is 1. The van der Waals surface area contributed by atoms with E-state index in [2.05, 4.69) is 9.98 Å². The van der Waals surface area contributed by atoms with Crippen molar-refractivity contribution in [2.24, 2.45) is 16.5 Å². The standard InChI is InChI=1S/C18H14Cl2N4O2/c1-26-10-3-4-11(13(19)7-10)16-12-6-9(17(25)24-18(21)22)2-5-15(12)23-8-14(16)20/h2-8H,1H3,(H4,21,22,24,25). The molecule has 4 N–H and O–H groups in total. The molecule has 26 heavy (non-hydrogen) atoms. The van der Waals surface area contributed by atoms with Crippen LogP contribution in [-0.4, -0.2) is 24.0 Å². The SMILES string of the molecule is COc1ccc(-c2c(Cl)cnc3ccc(C(=O)N=C(N)N)cc23)c(Cl)c1. The number of carbonyl (C=O) groups excluding carboxylic acids is 1. The Morgan fingerprint density at radius 2 is 1.88 bits per heavy atom. The highest BCUT2D eigenvalue weighted by Crippen LogP contribution is 2.39. The largest absolute Gasteiger partial charge is 0.497 e. The van der Waals surface area contributed by atoms with Gasteiger partial charge in [0.05, 0.1) is 22.7 Å². The average molecular weight is 389 g/mol. The van der Waals surface area contributed by atoms with Gasteiger partial charge in [-0.25, -0.2) is 0 Å². The minimum Gasteiger partial charge on any atom is -0.497 e. The van der Waals surface area contributed by atoms with E-state index in [9.17, 15) is 4.79 Å². The number of pyridine rings is 1. The van der Waals surface area contributed by atoms with Crippen molar-refractivity contribution >= 4 is 46.0 Å².